The topological polar surface area (TPSA) is 41.5 Å². The smallest absolute Gasteiger partial charge is 0.0585 e. The number of hydrogen-bond donors (Lipinski definition) is 2. The molecule has 12 heavy (non-hydrogen) atoms. The van der Waals surface area contributed by atoms with E-state index < -0.39 is 0 Å². The largest absolute Gasteiger partial charge is 0.395 e. The van der Waals surface area contributed by atoms with Gasteiger partial charge in [-0.2, -0.15) is 0 Å². The van der Waals surface area contributed by atoms with Gasteiger partial charge in [-0.15, -0.1) is 0 Å². The van der Waals surface area contributed by atoms with E-state index in [-0.39, 0.29) is 18.8 Å². The van der Waals surface area contributed by atoms with Crippen molar-refractivity contribution in [1.82, 2.24) is 5.32 Å². The lowest BCUT2D eigenvalue weighted by molar-refractivity contribution is 0.0665. The van der Waals surface area contributed by atoms with Crippen LogP contribution in [0.15, 0.2) is 0 Å². The molecule has 0 aliphatic carbocycles. The summed E-state index contributed by atoms with van der Waals surface area (Å²) in [5.74, 6) is 0. The van der Waals surface area contributed by atoms with Crippen molar-refractivity contribution < 1.29 is 9.84 Å². The molecule has 0 rings (SSSR count). The Morgan fingerprint density at radius 2 is 2.08 bits per heavy atom. The van der Waals surface area contributed by atoms with Crippen LogP contribution in [0.5, 0.6) is 0 Å². The fourth-order valence-electron chi connectivity index (χ4n) is 0.993. The molecule has 1 atom stereocenters. The third kappa shape index (κ3) is 6.58. The molecule has 2 N–H and O–H groups in total. The molecule has 0 aromatic heterocycles. The van der Waals surface area contributed by atoms with Crippen molar-refractivity contribution in [3.05, 3.63) is 0 Å². The highest BCUT2D eigenvalue weighted by Gasteiger charge is 2.04. The number of rotatable bonds is 7. The Labute approximate surface area is 75.1 Å². The molecule has 0 aliphatic heterocycles. The number of aliphatic hydroxyl groups excluding tert-OH is 1. The van der Waals surface area contributed by atoms with E-state index in [2.05, 4.69) is 5.32 Å². The van der Waals surface area contributed by atoms with Crippen LogP contribution in [0, 0.1) is 0 Å². The van der Waals surface area contributed by atoms with Gasteiger partial charge in [0.2, 0.25) is 0 Å². The van der Waals surface area contributed by atoms with Crippen LogP contribution in [0.4, 0.5) is 0 Å². The van der Waals surface area contributed by atoms with Crippen molar-refractivity contribution >= 4 is 0 Å². The van der Waals surface area contributed by atoms with Crippen LogP contribution in [0.3, 0.4) is 0 Å². The predicted molar refractivity (Wildman–Crippen MR) is 50.3 cm³/mol. The van der Waals surface area contributed by atoms with Gasteiger partial charge in [-0.1, -0.05) is 6.92 Å². The Balaban J connectivity index is 3.31. The van der Waals surface area contributed by atoms with Gasteiger partial charge in [0.05, 0.1) is 12.7 Å². The fourth-order valence-corrected chi connectivity index (χ4v) is 0.993. The number of nitrogens with one attached hydrogen (secondary N) is 1. The summed E-state index contributed by atoms with van der Waals surface area (Å²) < 4.78 is 5.37. The highest BCUT2D eigenvalue weighted by Crippen LogP contribution is 1.95. The number of hydrogen-bond acceptors (Lipinski definition) is 3. The lowest BCUT2D eigenvalue weighted by Crippen LogP contribution is -2.33. The zero-order valence-corrected chi connectivity index (χ0v) is 8.34. The maximum atomic E-state index is 8.90. The van der Waals surface area contributed by atoms with Crippen LogP contribution in [-0.2, 0) is 4.74 Å². The number of aliphatic hydroxyl groups is 1. The first-order chi connectivity index (χ1) is 5.70. The maximum Gasteiger partial charge on any atom is 0.0585 e. The highest BCUT2D eigenvalue weighted by atomic mass is 16.5. The summed E-state index contributed by atoms with van der Waals surface area (Å²) in [7, 11) is 0. The van der Waals surface area contributed by atoms with Gasteiger partial charge in [-0.3, -0.25) is 0 Å². The van der Waals surface area contributed by atoms with Crippen LogP contribution in [-0.4, -0.2) is 37.0 Å². The molecule has 0 aliphatic rings. The second-order valence-corrected chi connectivity index (χ2v) is 3.15. The minimum Gasteiger partial charge on any atom is -0.395 e. The van der Waals surface area contributed by atoms with E-state index in [1.807, 2.05) is 20.8 Å². The van der Waals surface area contributed by atoms with Gasteiger partial charge in [0, 0.05) is 12.6 Å². The third-order valence-corrected chi connectivity index (χ3v) is 1.63. The second kappa shape index (κ2) is 7.53. The van der Waals surface area contributed by atoms with Gasteiger partial charge in [0.25, 0.3) is 0 Å². The summed E-state index contributed by atoms with van der Waals surface area (Å²) in [6, 6.07) is 0.189. The van der Waals surface area contributed by atoms with Crippen molar-refractivity contribution in [2.75, 3.05) is 19.8 Å². The Bertz CT molecular complexity index is 96.5. The Kier molecular flexibility index (Phi) is 7.45. The van der Waals surface area contributed by atoms with Crippen LogP contribution in [0.25, 0.3) is 0 Å². The predicted octanol–water partition coefficient (Wildman–Crippen LogP) is 0.772. The van der Waals surface area contributed by atoms with Crippen LogP contribution >= 0.6 is 0 Å². The van der Waals surface area contributed by atoms with E-state index in [1.54, 1.807) is 0 Å². The first-order valence-electron chi connectivity index (χ1n) is 4.66. The molecule has 0 radical (unpaired) electrons. The second-order valence-electron chi connectivity index (χ2n) is 3.15. The van der Waals surface area contributed by atoms with E-state index in [9.17, 15) is 0 Å². The van der Waals surface area contributed by atoms with Crippen molar-refractivity contribution in [2.45, 2.75) is 39.3 Å². The molecular weight excluding hydrogens is 154 g/mol. The average molecular weight is 175 g/mol. The minimum absolute atomic E-state index is 0.189. The highest BCUT2D eigenvalue weighted by molar-refractivity contribution is 4.63. The summed E-state index contributed by atoms with van der Waals surface area (Å²) in [4.78, 5) is 0. The van der Waals surface area contributed by atoms with E-state index >= 15 is 0 Å². The van der Waals surface area contributed by atoms with E-state index in [0.717, 1.165) is 19.6 Å². The van der Waals surface area contributed by atoms with Crippen LogP contribution in [0.2, 0.25) is 0 Å². The maximum absolute atomic E-state index is 8.90. The average Bonchev–Trinajstić information content (AvgIpc) is 2.02. The molecule has 1 unspecified atom stereocenters. The summed E-state index contributed by atoms with van der Waals surface area (Å²) in [5.41, 5.74) is 0. The number of likely N-dealkylation sites (N-methyl/N-ethyl adjacent to an activating group) is 1. The molecule has 3 nitrogen and oxygen atoms in total. The summed E-state index contributed by atoms with van der Waals surface area (Å²) in [6.07, 6.45) is 1.16. The molecular formula is C9H21NO2. The zero-order valence-electron chi connectivity index (χ0n) is 8.34. The summed E-state index contributed by atoms with van der Waals surface area (Å²) >= 11 is 0. The number of ether oxygens (including phenoxy) is 1. The lowest BCUT2D eigenvalue weighted by Gasteiger charge is -2.15. The normalized spacial score (nSPS) is 13.8. The van der Waals surface area contributed by atoms with Crippen LogP contribution < -0.4 is 5.32 Å². The monoisotopic (exact) mass is 175 g/mol. The molecule has 0 aromatic carbocycles. The molecule has 0 amide bonds. The summed E-state index contributed by atoms with van der Waals surface area (Å²) in [6.45, 7) is 7.87. The Hall–Kier alpha value is -0.120. The standard InChI is InChI=1S/C9H21NO2/c1-4-10-9(7-11)5-6-12-8(2)3/h8-11H,4-7H2,1-3H3. The van der Waals surface area contributed by atoms with Crippen molar-refractivity contribution in [3.63, 3.8) is 0 Å². The fraction of sp³-hybridized carbons (Fsp3) is 1.00. The quantitative estimate of drug-likeness (QED) is 0.600. The zero-order chi connectivity index (χ0) is 9.40. The molecule has 0 saturated heterocycles. The van der Waals surface area contributed by atoms with Gasteiger partial charge in [-0.25, -0.2) is 0 Å². The summed E-state index contributed by atoms with van der Waals surface area (Å²) in [5, 5.41) is 12.1. The van der Waals surface area contributed by atoms with Gasteiger partial charge in [0.15, 0.2) is 0 Å². The minimum atomic E-state index is 0.189. The van der Waals surface area contributed by atoms with E-state index in [4.69, 9.17) is 9.84 Å². The van der Waals surface area contributed by atoms with Crippen molar-refractivity contribution in [3.8, 4) is 0 Å². The first kappa shape index (κ1) is 11.9. The first-order valence-corrected chi connectivity index (χ1v) is 4.66. The molecule has 74 valence electrons. The van der Waals surface area contributed by atoms with Gasteiger partial charge >= 0.3 is 0 Å². The van der Waals surface area contributed by atoms with E-state index in [0.29, 0.717) is 0 Å². The molecule has 0 fully saturated rings. The Morgan fingerprint density at radius 3 is 2.50 bits per heavy atom. The Morgan fingerprint density at radius 1 is 1.42 bits per heavy atom. The molecule has 0 heterocycles. The molecule has 0 saturated carbocycles. The van der Waals surface area contributed by atoms with Crippen LogP contribution in [0.1, 0.15) is 27.2 Å². The van der Waals surface area contributed by atoms with Crippen molar-refractivity contribution in [2.24, 2.45) is 0 Å². The molecule has 0 aromatic rings. The van der Waals surface area contributed by atoms with Gasteiger partial charge < -0.3 is 15.2 Å². The van der Waals surface area contributed by atoms with Crippen molar-refractivity contribution in [1.29, 1.82) is 0 Å². The SMILES string of the molecule is CCNC(CO)CCOC(C)C. The third-order valence-electron chi connectivity index (χ3n) is 1.63. The van der Waals surface area contributed by atoms with Gasteiger partial charge in [0.1, 0.15) is 0 Å². The van der Waals surface area contributed by atoms with E-state index in [1.165, 1.54) is 0 Å². The molecule has 3 heteroatoms. The van der Waals surface area contributed by atoms with Gasteiger partial charge in [-0.05, 0) is 26.8 Å². The molecule has 0 bridgehead atoms. The molecule has 0 spiro atoms. The lowest BCUT2D eigenvalue weighted by atomic mass is 10.2.